The zero-order valence-corrected chi connectivity index (χ0v) is 20.7. The topological polar surface area (TPSA) is 114 Å². The Balaban J connectivity index is 1.44. The van der Waals surface area contributed by atoms with E-state index in [-0.39, 0.29) is 18.7 Å². The zero-order chi connectivity index (χ0) is 24.9. The van der Waals surface area contributed by atoms with Crippen LogP contribution in [0.1, 0.15) is 41.5 Å². The Labute approximate surface area is 204 Å². The second kappa shape index (κ2) is 9.07. The van der Waals surface area contributed by atoms with Gasteiger partial charge in [0.25, 0.3) is 0 Å². The number of halogens is 1. The molecule has 1 N–H and O–H groups in total. The van der Waals surface area contributed by atoms with Crippen LogP contribution in [0, 0.1) is 5.21 Å². The lowest BCUT2D eigenvalue weighted by Crippen LogP contribution is -2.51. The van der Waals surface area contributed by atoms with Crippen molar-refractivity contribution in [2.75, 3.05) is 29.8 Å². The van der Waals surface area contributed by atoms with Crippen molar-refractivity contribution in [3.05, 3.63) is 45.9 Å². The van der Waals surface area contributed by atoms with Crippen LogP contribution in [0.5, 0.6) is 0 Å². The smallest absolute Gasteiger partial charge is 0.326 e. The summed E-state index contributed by atoms with van der Waals surface area (Å²) in [6, 6.07) is 0.161. The van der Waals surface area contributed by atoms with Gasteiger partial charge >= 0.3 is 16.2 Å². The lowest BCUT2D eigenvalue weighted by molar-refractivity contribution is 0.228. The molecule has 3 aliphatic rings. The average molecular weight is 506 g/mol. The average Bonchev–Trinajstić information content (AvgIpc) is 3.61. The van der Waals surface area contributed by atoms with Gasteiger partial charge in [0.2, 0.25) is 0 Å². The van der Waals surface area contributed by atoms with E-state index in [0.717, 1.165) is 65.1 Å². The molecule has 2 heterocycles. The van der Waals surface area contributed by atoms with Crippen LogP contribution in [0.15, 0.2) is 18.5 Å². The van der Waals surface area contributed by atoms with Crippen LogP contribution in [-0.2, 0) is 42.9 Å². The number of anilines is 2. The van der Waals surface area contributed by atoms with Crippen molar-refractivity contribution in [1.29, 1.82) is 0 Å². The molecule has 2 unspecified atom stereocenters. The number of hydroxylamine groups is 1. The van der Waals surface area contributed by atoms with Crippen molar-refractivity contribution >= 4 is 27.6 Å². The van der Waals surface area contributed by atoms with E-state index in [1.807, 2.05) is 0 Å². The largest absolute Gasteiger partial charge is 0.740 e. The number of aryl methyl sites for hydroxylation is 3. The van der Waals surface area contributed by atoms with Crippen molar-refractivity contribution in [3.8, 4) is 0 Å². The Morgan fingerprint density at radius 2 is 1.86 bits per heavy atom. The number of nitrogens with zero attached hydrogens (tertiary/aromatic N) is 5. The number of alkyl halides is 1. The van der Waals surface area contributed by atoms with Gasteiger partial charge < -0.3 is 10.5 Å². The summed E-state index contributed by atoms with van der Waals surface area (Å²) >= 11 is 0. The van der Waals surface area contributed by atoms with Gasteiger partial charge in [-0.3, -0.25) is 14.1 Å². The maximum Gasteiger partial charge on any atom is 0.326 e. The lowest BCUT2D eigenvalue weighted by atomic mass is 9.99. The number of rotatable bonds is 6. The van der Waals surface area contributed by atoms with Crippen LogP contribution in [0.4, 0.5) is 20.6 Å². The van der Waals surface area contributed by atoms with Crippen LogP contribution in [-0.4, -0.2) is 65.9 Å². The number of hydrogen-bond donors (Lipinski definition) is 1. The van der Waals surface area contributed by atoms with Gasteiger partial charge in [0.1, 0.15) is 6.17 Å². The molecule has 2 amide bonds. The molecular formula is C23H30FN6O4S-. The molecule has 0 saturated carbocycles. The van der Waals surface area contributed by atoms with Crippen LogP contribution in [0.3, 0.4) is 0 Å². The Hall–Kier alpha value is -2.70. The molecular weight excluding hydrogens is 475 g/mol. The number of nitrogens with one attached hydrogen (secondary N) is 1. The van der Waals surface area contributed by atoms with Gasteiger partial charge in [-0.1, -0.05) is 6.07 Å². The molecule has 12 heteroatoms. The number of carbonyl (C=O) groups is 1. The molecule has 2 aromatic rings. The van der Waals surface area contributed by atoms with Gasteiger partial charge in [0.15, 0.2) is 0 Å². The molecule has 1 aliphatic heterocycles. The molecule has 1 saturated heterocycles. The summed E-state index contributed by atoms with van der Waals surface area (Å²) in [6.45, 7) is 0.159. The van der Waals surface area contributed by atoms with Crippen molar-refractivity contribution in [2.45, 2.75) is 57.2 Å². The van der Waals surface area contributed by atoms with Crippen molar-refractivity contribution in [2.24, 2.45) is 7.05 Å². The molecule has 35 heavy (non-hydrogen) atoms. The van der Waals surface area contributed by atoms with Crippen molar-refractivity contribution < 1.29 is 17.6 Å². The third kappa shape index (κ3) is 4.27. The standard InChI is InChI=1S/C23H30FN6O4S/c1-27-10-9-20(24)21(27)14-29(17-12-25-28(2)13-17)35(33,34)30(32)23(31)26-22-18-7-3-5-15(18)11-16-6-4-8-19(16)22/h11-13,20-21H,3-10,14H2,1-2H3,(H,26,31)/q-1. The third-order valence-electron chi connectivity index (χ3n) is 7.43. The molecule has 0 spiro atoms. The number of hydrogen-bond acceptors (Lipinski definition) is 6. The first-order valence-electron chi connectivity index (χ1n) is 12.0. The first kappa shape index (κ1) is 24.0. The van der Waals surface area contributed by atoms with E-state index in [2.05, 4.69) is 16.5 Å². The minimum Gasteiger partial charge on any atom is -0.740 e. The van der Waals surface area contributed by atoms with E-state index < -0.39 is 32.9 Å². The Bertz CT molecular complexity index is 1210. The molecule has 0 bridgehead atoms. The van der Waals surface area contributed by atoms with E-state index in [1.165, 1.54) is 17.1 Å². The van der Waals surface area contributed by atoms with Crippen LogP contribution >= 0.6 is 0 Å². The fraction of sp³-hybridized carbons (Fsp3) is 0.565. The summed E-state index contributed by atoms with van der Waals surface area (Å²) in [4.78, 5) is 14.8. The number of urea groups is 1. The zero-order valence-electron chi connectivity index (χ0n) is 19.9. The van der Waals surface area contributed by atoms with Gasteiger partial charge in [0.05, 0.1) is 24.5 Å². The maximum atomic E-state index is 14.6. The number of fused-ring (bicyclic) bond motifs is 2. The molecule has 1 aromatic heterocycles. The monoisotopic (exact) mass is 505 g/mol. The predicted molar refractivity (Wildman–Crippen MR) is 130 cm³/mol. The summed E-state index contributed by atoms with van der Waals surface area (Å²) in [5.41, 5.74) is 4.95. The van der Waals surface area contributed by atoms with E-state index in [1.54, 1.807) is 19.0 Å². The van der Waals surface area contributed by atoms with Gasteiger partial charge in [-0.15, -0.1) is 0 Å². The van der Waals surface area contributed by atoms with Gasteiger partial charge in [0, 0.05) is 25.5 Å². The molecule has 1 aromatic carbocycles. The number of likely N-dealkylation sites (N-methyl/N-ethyl adjacent to an activating group) is 1. The highest BCUT2D eigenvalue weighted by molar-refractivity contribution is 7.91. The number of amides is 2. The quantitative estimate of drug-likeness (QED) is 0.604. The van der Waals surface area contributed by atoms with Gasteiger partial charge in [-0.05, 0) is 74.2 Å². The number of aromatic nitrogens is 2. The molecule has 5 rings (SSSR count). The first-order chi connectivity index (χ1) is 16.7. The summed E-state index contributed by atoms with van der Waals surface area (Å²) in [5, 5.41) is 19.7. The van der Waals surface area contributed by atoms with Crippen molar-refractivity contribution in [3.63, 3.8) is 0 Å². The third-order valence-corrected chi connectivity index (χ3v) is 8.93. The summed E-state index contributed by atoms with van der Waals surface area (Å²) in [5.74, 6) is 0. The van der Waals surface area contributed by atoms with Crippen molar-refractivity contribution in [1.82, 2.24) is 19.1 Å². The molecule has 2 aliphatic carbocycles. The lowest BCUT2D eigenvalue weighted by Gasteiger charge is -2.36. The molecule has 0 radical (unpaired) electrons. The SMILES string of the molecule is CN1CCC(F)C1CN(c1cnn(C)c1)S(=O)(=O)N([O-])C(=O)Nc1c2c(cc3c1CCC3)CCC2. The molecule has 190 valence electrons. The summed E-state index contributed by atoms with van der Waals surface area (Å²) in [6.07, 6.45) is 6.98. The second-order valence-corrected chi connectivity index (χ2v) is 11.3. The number of likely N-dealkylation sites (tertiary alicyclic amines) is 1. The maximum absolute atomic E-state index is 14.6. The minimum atomic E-state index is -4.87. The highest BCUT2D eigenvalue weighted by atomic mass is 32.2. The van der Waals surface area contributed by atoms with E-state index >= 15 is 0 Å². The highest BCUT2D eigenvalue weighted by Gasteiger charge is 2.38. The van der Waals surface area contributed by atoms with E-state index in [0.29, 0.717) is 12.2 Å². The predicted octanol–water partition coefficient (Wildman–Crippen LogP) is 2.52. The Kier molecular flexibility index (Phi) is 6.22. The van der Waals surface area contributed by atoms with E-state index in [4.69, 9.17) is 0 Å². The van der Waals surface area contributed by atoms with Crippen LogP contribution in [0.25, 0.3) is 0 Å². The summed E-state index contributed by atoms with van der Waals surface area (Å²) < 4.78 is 43.1. The minimum absolute atomic E-state index is 0.0927. The fourth-order valence-corrected chi connectivity index (χ4v) is 6.70. The number of carbonyl (C=O) groups excluding carboxylic acids is 1. The first-order valence-corrected chi connectivity index (χ1v) is 13.4. The summed E-state index contributed by atoms with van der Waals surface area (Å²) in [7, 11) is -1.56. The molecule has 10 nitrogen and oxygen atoms in total. The Morgan fingerprint density at radius 1 is 1.20 bits per heavy atom. The fourth-order valence-electron chi connectivity index (χ4n) is 5.57. The molecule has 1 fully saturated rings. The second-order valence-electron chi connectivity index (χ2n) is 9.66. The normalized spacial score (nSPS) is 21.7. The van der Waals surface area contributed by atoms with Gasteiger partial charge in [-0.2, -0.15) is 13.5 Å². The number of benzene rings is 1. The van der Waals surface area contributed by atoms with E-state index in [9.17, 15) is 22.8 Å². The Morgan fingerprint density at radius 3 is 2.40 bits per heavy atom. The highest BCUT2D eigenvalue weighted by Crippen LogP contribution is 2.39. The van der Waals surface area contributed by atoms with Crippen LogP contribution < -0.4 is 9.62 Å². The van der Waals surface area contributed by atoms with Gasteiger partial charge in [-0.25, -0.2) is 13.5 Å². The molecule has 2 atom stereocenters. The van der Waals surface area contributed by atoms with Crippen LogP contribution in [0.2, 0.25) is 0 Å².